The van der Waals surface area contributed by atoms with Gasteiger partial charge < -0.3 is 15.4 Å². The summed E-state index contributed by atoms with van der Waals surface area (Å²) in [7, 11) is 3.52. The van der Waals surface area contributed by atoms with Crippen LogP contribution in [-0.2, 0) is 22.7 Å². The van der Waals surface area contributed by atoms with Gasteiger partial charge in [0.05, 0.1) is 6.61 Å². The van der Waals surface area contributed by atoms with E-state index in [0.717, 1.165) is 11.1 Å². The molecule has 0 aliphatic heterocycles. The van der Waals surface area contributed by atoms with E-state index in [-0.39, 0.29) is 11.8 Å². The van der Waals surface area contributed by atoms with Crippen LogP contribution in [0.4, 0.5) is 0 Å². The van der Waals surface area contributed by atoms with Gasteiger partial charge in [0.15, 0.2) is 0 Å². The van der Waals surface area contributed by atoms with Gasteiger partial charge in [0.25, 0.3) is 0 Å². The second kappa shape index (κ2) is 7.84. The average molecular weight is 250 g/mol. The van der Waals surface area contributed by atoms with Gasteiger partial charge in [-0.2, -0.15) is 0 Å². The number of benzene rings is 1. The summed E-state index contributed by atoms with van der Waals surface area (Å²) >= 11 is 0. The maximum atomic E-state index is 11.8. The van der Waals surface area contributed by atoms with E-state index in [4.69, 9.17) is 4.74 Å². The lowest BCUT2D eigenvalue weighted by Crippen LogP contribution is -2.34. The van der Waals surface area contributed by atoms with Gasteiger partial charge in [-0.05, 0) is 18.2 Å². The van der Waals surface area contributed by atoms with Crippen LogP contribution in [-0.4, -0.2) is 26.6 Å². The highest BCUT2D eigenvalue weighted by atomic mass is 16.5. The standard InChI is InChI=1S/C14H22N2O2/c1-11(8-15-2)14(17)16-9-12-6-4-5-7-13(12)10-18-3/h4-7,11,15H,8-10H2,1-3H3,(H,16,17). The monoisotopic (exact) mass is 250 g/mol. The van der Waals surface area contributed by atoms with Gasteiger partial charge in [-0.15, -0.1) is 0 Å². The van der Waals surface area contributed by atoms with Crippen LogP contribution < -0.4 is 10.6 Å². The predicted octanol–water partition coefficient (Wildman–Crippen LogP) is 1.30. The predicted molar refractivity (Wildman–Crippen MR) is 72.1 cm³/mol. The molecule has 1 rings (SSSR count). The molecule has 1 aromatic rings. The number of carbonyl (C=O) groups excluding carboxylic acids is 1. The smallest absolute Gasteiger partial charge is 0.224 e. The Hall–Kier alpha value is -1.39. The molecule has 4 heteroatoms. The Kier molecular flexibility index (Phi) is 6.39. The SMILES string of the molecule is CNCC(C)C(=O)NCc1ccccc1COC. The van der Waals surface area contributed by atoms with Gasteiger partial charge in [0, 0.05) is 26.1 Å². The maximum absolute atomic E-state index is 11.8. The van der Waals surface area contributed by atoms with E-state index in [1.807, 2.05) is 38.2 Å². The van der Waals surface area contributed by atoms with Crippen molar-refractivity contribution in [2.24, 2.45) is 5.92 Å². The molecule has 1 unspecified atom stereocenters. The molecule has 0 heterocycles. The quantitative estimate of drug-likeness (QED) is 0.767. The minimum Gasteiger partial charge on any atom is -0.380 e. The second-order valence-electron chi connectivity index (χ2n) is 4.38. The van der Waals surface area contributed by atoms with E-state index < -0.39 is 0 Å². The Labute approximate surface area is 109 Å². The Morgan fingerprint density at radius 1 is 1.33 bits per heavy atom. The lowest BCUT2D eigenvalue weighted by molar-refractivity contribution is -0.124. The number of rotatable bonds is 7. The summed E-state index contributed by atoms with van der Waals surface area (Å²) in [6.45, 7) is 3.71. The molecule has 0 bridgehead atoms. The number of hydrogen-bond donors (Lipinski definition) is 2. The number of carbonyl (C=O) groups is 1. The van der Waals surface area contributed by atoms with E-state index in [2.05, 4.69) is 10.6 Å². The number of methoxy groups -OCH3 is 1. The second-order valence-corrected chi connectivity index (χ2v) is 4.38. The van der Waals surface area contributed by atoms with Gasteiger partial charge >= 0.3 is 0 Å². The van der Waals surface area contributed by atoms with Crippen molar-refractivity contribution in [1.82, 2.24) is 10.6 Å². The van der Waals surface area contributed by atoms with Crippen LogP contribution in [0.5, 0.6) is 0 Å². The number of amides is 1. The van der Waals surface area contributed by atoms with Crippen LogP contribution in [0.15, 0.2) is 24.3 Å². The van der Waals surface area contributed by atoms with Crippen LogP contribution in [0.2, 0.25) is 0 Å². The van der Waals surface area contributed by atoms with Crippen molar-refractivity contribution in [1.29, 1.82) is 0 Å². The Bertz CT molecular complexity index is 380. The fourth-order valence-corrected chi connectivity index (χ4v) is 1.78. The highest BCUT2D eigenvalue weighted by Crippen LogP contribution is 2.09. The molecule has 100 valence electrons. The van der Waals surface area contributed by atoms with Crippen molar-refractivity contribution >= 4 is 5.91 Å². The summed E-state index contributed by atoms with van der Waals surface area (Å²) in [5, 5.41) is 5.95. The fourth-order valence-electron chi connectivity index (χ4n) is 1.78. The molecule has 4 nitrogen and oxygen atoms in total. The van der Waals surface area contributed by atoms with Crippen molar-refractivity contribution in [3.05, 3.63) is 35.4 Å². The Morgan fingerprint density at radius 2 is 2.00 bits per heavy atom. The first kappa shape index (κ1) is 14.7. The van der Waals surface area contributed by atoms with E-state index in [1.54, 1.807) is 7.11 Å². The summed E-state index contributed by atoms with van der Waals surface area (Å²) in [5.74, 6) is 0.0427. The molecule has 0 fully saturated rings. The Balaban J connectivity index is 2.55. The molecule has 0 aliphatic rings. The molecule has 0 aliphatic carbocycles. The first-order chi connectivity index (χ1) is 8.69. The van der Waals surface area contributed by atoms with E-state index in [9.17, 15) is 4.79 Å². The van der Waals surface area contributed by atoms with Crippen molar-refractivity contribution in [2.75, 3.05) is 20.7 Å². The first-order valence-electron chi connectivity index (χ1n) is 6.17. The third kappa shape index (κ3) is 4.47. The molecule has 2 N–H and O–H groups in total. The number of nitrogens with one attached hydrogen (secondary N) is 2. The summed E-state index contributed by atoms with van der Waals surface area (Å²) in [6.07, 6.45) is 0. The van der Waals surface area contributed by atoms with Gasteiger partial charge in [-0.1, -0.05) is 31.2 Å². The van der Waals surface area contributed by atoms with Crippen LogP contribution in [0.3, 0.4) is 0 Å². The minimum atomic E-state index is -0.0235. The molecule has 1 aromatic carbocycles. The molecule has 1 atom stereocenters. The zero-order valence-corrected chi connectivity index (χ0v) is 11.3. The zero-order chi connectivity index (χ0) is 13.4. The summed E-state index contributed by atoms with van der Waals surface area (Å²) in [6, 6.07) is 7.97. The van der Waals surface area contributed by atoms with E-state index in [1.165, 1.54) is 0 Å². The molecule has 1 amide bonds. The van der Waals surface area contributed by atoms with Crippen molar-refractivity contribution < 1.29 is 9.53 Å². The molecular weight excluding hydrogens is 228 g/mol. The molecule has 0 saturated carbocycles. The van der Waals surface area contributed by atoms with Gasteiger partial charge in [-0.3, -0.25) is 4.79 Å². The third-order valence-corrected chi connectivity index (χ3v) is 2.83. The van der Waals surface area contributed by atoms with Crippen LogP contribution in [0.1, 0.15) is 18.1 Å². The highest BCUT2D eigenvalue weighted by Gasteiger charge is 2.11. The fraction of sp³-hybridized carbons (Fsp3) is 0.500. The third-order valence-electron chi connectivity index (χ3n) is 2.83. The van der Waals surface area contributed by atoms with E-state index >= 15 is 0 Å². The summed E-state index contributed by atoms with van der Waals surface area (Å²) in [4.78, 5) is 11.8. The topological polar surface area (TPSA) is 50.4 Å². The van der Waals surface area contributed by atoms with Crippen LogP contribution >= 0.6 is 0 Å². The lowest BCUT2D eigenvalue weighted by atomic mass is 10.1. The largest absolute Gasteiger partial charge is 0.380 e. The van der Waals surface area contributed by atoms with Crippen molar-refractivity contribution in [3.63, 3.8) is 0 Å². The highest BCUT2D eigenvalue weighted by molar-refractivity contribution is 5.78. The average Bonchev–Trinajstić information content (AvgIpc) is 2.38. The maximum Gasteiger partial charge on any atom is 0.224 e. The lowest BCUT2D eigenvalue weighted by Gasteiger charge is -2.13. The minimum absolute atomic E-state index is 0.0235. The summed E-state index contributed by atoms with van der Waals surface area (Å²) in [5.41, 5.74) is 2.21. The number of ether oxygens (including phenoxy) is 1. The normalized spacial score (nSPS) is 12.2. The molecule has 0 aromatic heterocycles. The van der Waals surface area contributed by atoms with Gasteiger partial charge in [0.1, 0.15) is 0 Å². The zero-order valence-electron chi connectivity index (χ0n) is 11.3. The van der Waals surface area contributed by atoms with Gasteiger partial charge in [-0.25, -0.2) is 0 Å². The first-order valence-corrected chi connectivity index (χ1v) is 6.17. The molecule has 0 spiro atoms. The molecule has 0 saturated heterocycles. The molecule has 0 radical (unpaired) electrons. The Morgan fingerprint density at radius 3 is 2.61 bits per heavy atom. The summed E-state index contributed by atoms with van der Waals surface area (Å²) < 4.78 is 5.14. The number of hydrogen-bond acceptors (Lipinski definition) is 3. The molecule has 18 heavy (non-hydrogen) atoms. The van der Waals surface area contributed by atoms with Crippen LogP contribution in [0, 0.1) is 5.92 Å². The van der Waals surface area contributed by atoms with Crippen LogP contribution in [0.25, 0.3) is 0 Å². The van der Waals surface area contributed by atoms with Crippen molar-refractivity contribution in [3.8, 4) is 0 Å². The van der Waals surface area contributed by atoms with Gasteiger partial charge in [0.2, 0.25) is 5.91 Å². The molecular formula is C14H22N2O2. The van der Waals surface area contributed by atoms with Crippen molar-refractivity contribution in [2.45, 2.75) is 20.1 Å². The van der Waals surface area contributed by atoms with E-state index in [0.29, 0.717) is 19.7 Å².